The van der Waals surface area contributed by atoms with Crippen LogP contribution in [-0.4, -0.2) is 25.8 Å². The Bertz CT molecular complexity index is 461. The molecule has 1 saturated heterocycles. The van der Waals surface area contributed by atoms with Crippen LogP contribution in [0.15, 0.2) is 18.2 Å². The van der Waals surface area contributed by atoms with Crippen molar-refractivity contribution in [1.29, 1.82) is 0 Å². The lowest BCUT2D eigenvalue weighted by Crippen LogP contribution is -2.54. The first kappa shape index (κ1) is 16.2. The first-order valence-electron chi connectivity index (χ1n) is 5.80. The van der Waals surface area contributed by atoms with E-state index in [0.29, 0.717) is 31.3 Å². The fourth-order valence-electron chi connectivity index (χ4n) is 2.04. The Balaban J connectivity index is 0.00000180. The second-order valence-corrected chi connectivity index (χ2v) is 4.98. The summed E-state index contributed by atoms with van der Waals surface area (Å²) in [7, 11) is 0. The lowest BCUT2D eigenvalue weighted by molar-refractivity contribution is -0.140. The second kappa shape index (κ2) is 6.57. The SMILES string of the molecule is CC(=O)OCCc1cc(Cl)ccc1C1(N)COC1.Cl. The van der Waals surface area contributed by atoms with Crippen LogP contribution < -0.4 is 5.73 Å². The maximum atomic E-state index is 10.8. The molecule has 0 aliphatic carbocycles. The number of carbonyl (C=O) groups is 1. The molecule has 0 bridgehead atoms. The van der Waals surface area contributed by atoms with E-state index in [1.54, 1.807) is 0 Å². The van der Waals surface area contributed by atoms with Gasteiger partial charge in [0.2, 0.25) is 0 Å². The average molecular weight is 306 g/mol. The van der Waals surface area contributed by atoms with Crippen LogP contribution >= 0.6 is 24.0 Å². The van der Waals surface area contributed by atoms with Gasteiger partial charge in [-0.05, 0) is 23.3 Å². The molecule has 0 radical (unpaired) electrons. The summed E-state index contributed by atoms with van der Waals surface area (Å²) in [6.07, 6.45) is 0.606. The summed E-state index contributed by atoms with van der Waals surface area (Å²) in [5.41, 5.74) is 7.82. The molecule has 0 spiro atoms. The topological polar surface area (TPSA) is 61.5 Å². The zero-order valence-corrected chi connectivity index (χ0v) is 12.2. The van der Waals surface area contributed by atoms with Crippen LogP contribution in [0.3, 0.4) is 0 Å². The maximum absolute atomic E-state index is 10.8. The standard InChI is InChI=1S/C13H16ClNO3.ClH/c1-9(16)18-5-4-10-6-11(14)2-3-12(10)13(15)7-17-8-13;/h2-3,6H,4-5,7-8,15H2,1H3;1H. The second-order valence-electron chi connectivity index (χ2n) is 4.54. The molecule has 1 heterocycles. The Morgan fingerprint density at radius 1 is 1.53 bits per heavy atom. The van der Waals surface area contributed by atoms with Gasteiger partial charge < -0.3 is 15.2 Å². The zero-order chi connectivity index (χ0) is 13.2. The van der Waals surface area contributed by atoms with Gasteiger partial charge in [0, 0.05) is 18.4 Å². The summed E-state index contributed by atoms with van der Waals surface area (Å²) >= 11 is 5.99. The molecule has 0 aromatic heterocycles. The van der Waals surface area contributed by atoms with Crippen LogP contribution in [0.4, 0.5) is 0 Å². The predicted molar refractivity (Wildman–Crippen MR) is 75.7 cm³/mol. The number of benzene rings is 1. The number of ether oxygens (including phenoxy) is 2. The third-order valence-electron chi connectivity index (χ3n) is 3.00. The molecule has 2 N–H and O–H groups in total. The van der Waals surface area contributed by atoms with E-state index in [4.69, 9.17) is 26.8 Å². The Kier molecular flexibility index (Phi) is 5.62. The molecule has 6 heteroatoms. The van der Waals surface area contributed by atoms with Crippen molar-refractivity contribution in [2.75, 3.05) is 19.8 Å². The van der Waals surface area contributed by atoms with E-state index in [-0.39, 0.29) is 18.4 Å². The van der Waals surface area contributed by atoms with Crippen LogP contribution in [-0.2, 0) is 26.2 Å². The number of hydrogen-bond acceptors (Lipinski definition) is 4. The van der Waals surface area contributed by atoms with E-state index >= 15 is 0 Å². The van der Waals surface area contributed by atoms with E-state index in [1.807, 2.05) is 18.2 Å². The summed E-state index contributed by atoms with van der Waals surface area (Å²) in [5.74, 6) is -0.284. The van der Waals surface area contributed by atoms with Crippen molar-refractivity contribution in [2.45, 2.75) is 18.9 Å². The van der Waals surface area contributed by atoms with Crippen molar-refractivity contribution >= 4 is 30.0 Å². The Morgan fingerprint density at radius 3 is 2.74 bits per heavy atom. The van der Waals surface area contributed by atoms with E-state index in [9.17, 15) is 4.79 Å². The summed E-state index contributed by atoms with van der Waals surface area (Å²) in [6, 6.07) is 5.61. The zero-order valence-electron chi connectivity index (χ0n) is 10.6. The number of esters is 1. The van der Waals surface area contributed by atoms with Crippen molar-refractivity contribution in [3.8, 4) is 0 Å². The van der Waals surface area contributed by atoms with E-state index in [2.05, 4.69) is 0 Å². The molecular formula is C13H17Cl2NO3. The van der Waals surface area contributed by atoms with Gasteiger partial charge in [-0.1, -0.05) is 17.7 Å². The van der Waals surface area contributed by atoms with Gasteiger partial charge in [0.1, 0.15) is 0 Å². The summed E-state index contributed by atoms with van der Waals surface area (Å²) in [4.78, 5) is 10.8. The quantitative estimate of drug-likeness (QED) is 0.865. The van der Waals surface area contributed by atoms with Crippen LogP contribution in [0, 0.1) is 0 Å². The maximum Gasteiger partial charge on any atom is 0.302 e. The highest BCUT2D eigenvalue weighted by atomic mass is 35.5. The molecule has 0 saturated carbocycles. The first-order chi connectivity index (χ1) is 8.51. The molecule has 0 atom stereocenters. The largest absolute Gasteiger partial charge is 0.466 e. The van der Waals surface area contributed by atoms with Gasteiger partial charge in [-0.3, -0.25) is 4.79 Å². The van der Waals surface area contributed by atoms with Crippen LogP contribution in [0.1, 0.15) is 18.1 Å². The molecule has 1 aromatic rings. The molecule has 2 rings (SSSR count). The third kappa shape index (κ3) is 3.83. The molecule has 4 nitrogen and oxygen atoms in total. The number of carbonyl (C=O) groups excluding carboxylic acids is 1. The van der Waals surface area contributed by atoms with Gasteiger partial charge in [-0.15, -0.1) is 12.4 Å². The molecule has 19 heavy (non-hydrogen) atoms. The fraction of sp³-hybridized carbons (Fsp3) is 0.462. The minimum absolute atomic E-state index is 0. The molecule has 1 fully saturated rings. The van der Waals surface area contributed by atoms with Gasteiger partial charge in [-0.2, -0.15) is 0 Å². The highest BCUT2D eigenvalue weighted by Crippen LogP contribution is 2.31. The fourth-order valence-corrected chi connectivity index (χ4v) is 2.23. The normalized spacial score (nSPS) is 16.2. The lowest BCUT2D eigenvalue weighted by atomic mass is 9.85. The van der Waals surface area contributed by atoms with Gasteiger partial charge >= 0.3 is 5.97 Å². The van der Waals surface area contributed by atoms with Crippen molar-refractivity contribution in [3.63, 3.8) is 0 Å². The van der Waals surface area contributed by atoms with Gasteiger partial charge in [0.05, 0.1) is 25.4 Å². The van der Waals surface area contributed by atoms with Gasteiger partial charge in [-0.25, -0.2) is 0 Å². The minimum Gasteiger partial charge on any atom is -0.466 e. The summed E-state index contributed by atoms with van der Waals surface area (Å²) in [6.45, 7) is 2.74. The monoisotopic (exact) mass is 305 g/mol. The average Bonchev–Trinajstić information content (AvgIpc) is 2.26. The number of rotatable bonds is 4. The highest BCUT2D eigenvalue weighted by molar-refractivity contribution is 6.30. The molecule has 1 aliphatic rings. The molecule has 0 amide bonds. The van der Waals surface area contributed by atoms with Crippen LogP contribution in [0.25, 0.3) is 0 Å². The highest BCUT2D eigenvalue weighted by Gasteiger charge is 2.37. The lowest BCUT2D eigenvalue weighted by Gasteiger charge is -2.39. The van der Waals surface area contributed by atoms with Crippen molar-refractivity contribution in [3.05, 3.63) is 34.3 Å². The Hall–Kier alpha value is -0.810. The van der Waals surface area contributed by atoms with Crippen LogP contribution in [0.5, 0.6) is 0 Å². The van der Waals surface area contributed by atoms with Crippen molar-refractivity contribution < 1.29 is 14.3 Å². The summed E-state index contributed by atoms with van der Waals surface area (Å²) < 4.78 is 10.1. The van der Waals surface area contributed by atoms with E-state index in [0.717, 1.165) is 11.1 Å². The number of halogens is 2. The van der Waals surface area contributed by atoms with Gasteiger partial charge in [0.15, 0.2) is 0 Å². The first-order valence-corrected chi connectivity index (χ1v) is 6.18. The van der Waals surface area contributed by atoms with Crippen molar-refractivity contribution in [2.24, 2.45) is 5.73 Å². The Morgan fingerprint density at radius 2 is 2.21 bits per heavy atom. The molecule has 1 aromatic carbocycles. The Labute approximate surface area is 123 Å². The van der Waals surface area contributed by atoms with Gasteiger partial charge in [0.25, 0.3) is 0 Å². The number of nitrogens with two attached hydrogens (primary N) is 1. The van der Waals surface area contributed by atoms with Crippen LogP contribution in [0.2, 0.25) is 5.02 Å². The molecule has 1 aliphatic heterocycles. The van der Waals surface area contributed by atoms with E-state index in [1.165, 1.54) is 6.92 Å². The summed E-state index contributed by atoms with van der Waals surface area (Å²) in [5, 5.41) is 0.653. The smallest absolute Gasteiger partial charge is 0.302 e. The molecule has 106 valence electrons. The molecular weight excluding hydrogens is 289 g/mol. The van der Waals surface area contributed by atoms with E-state index < -0.39 is 5.54 Å². The third-order valence-corrected chi connectivity index (χ3v) is 3.23. The van der Waals surface area contributed by atoms with Crippen molar-refractivity contribution in [1.82, 2.24) is 0 Å². The minimum atomic E-state index is -0.434. The predicted octanol–water partition coefficient (Wildman–Crippen LogP) is 2.05. The number of hydrogen-bond donors (Lipinski definition) is 1. The molecule has 0 unspecified atom stereocenters.